The number of rotatable bonds is 5. The summed E-state index contributed by atoms with van der Waals surface area (Å²) in [6, 6.07) is 13.1. The first kappa shape index (κ1) is 17.3. The van der Waals surface area contributed by atoms with E-state index in [1.54, 1.807) is 30.3 Å². The number of nitrogens with zero attached hydrogens (tertiary/aromatic N) is 1. The molecule has 0 amide bonds. The van der Waals surface area contributed by atoms with Crippen molar-refractivity contribution in [3.05, 3.63) is 59.1 Å². The van der Waals surface area contributed by atoms with Gasteiger partial charge in [0.1, 0.15) is 12.3 Å². The highest BCUT2D eigenvalue weighted by atomic mass is 35.5. The van der Waals surface area contributed by atoms with E-state index in [0.29, 0.717) is 16.5 Å². The van der Waals surface area contributed by atoms with Crippen molar-refractivity contribution in [3.63, 3.8) is 0 Å². The lowest BCUT2D eigenvalue weighted by Crippen LogP contribution is -2.36. The Kier molecular flexibility index (Phi) is 5.28. The van der Waals surface area contributed by atoms with Crippen LogP contribution in [0.3, 0.4) is 0 Å². The molecule has 0 aliphatic rings. The van der Waals surface area contributed by atoms with E-state index in [-0.39, 0.29) is 0 Å². The van der Waals surface area contributed by atoms with Gasteiger partial charge in [-0.3, -0.25) is 4.31 Å². The standard InChI is InChI=1S/C16H16ClNO4S/c1-12-4-3-5-14(10-12)18(23(2,20)21)11-16(19)22-15-8-6-13(17)7-9-15/h3-10H,11H2,1-2H3. The Labute approximate surface area is 140 Å². The fourth-order valence-corrected chi connectivity index (χ4v) is 2.93. The first-order chi connectivity index (χ1) is 10.8. The zero-order valence-electron chi connectivity index (χ0n) is 12.7. The van der Waals surface area contributed by atoms with Gasteiger partial charge < -0.3 is 4.74 Å². The van der Waals surface area contributed by atoms with E-state index in [0.717, 1.165) is 16.1 Å². The largest absolute Gasteiger partial charge is 0.425 e. The van der Waals surface area contributed by atoms with E-state index < -0.39 is 22.5 Å². The number of carbonyl (C=O) groups is 1. The summed E-state index contributed by atoms with van der Waals surface area (Å²) < 4.78 is 30.1. The number of aryl methyl sites for hydroxylation is 1. The smallest absolute Gasteiger partial charge is 0.332 e. The molecular formula is C16H16ClNO4S. The van der Waals surface area contributed by atoms with Gasteiger partial charge in [-0.2, -0.15) is 0 Å². The van der Waals surface area contributed by atoms with Gasteiger partial charge in [-0.25, -0.2) is 13.2 Å². The molecule has 0 aliphatic carbocycles. The molecule has 0 saturated carbocycles. The molecule has 2 rings (SSSR count). The third-order valence-corrected chi connectivity index (χ3v) is 4.40. The molecule has 0 spiro atoms. The van der Waals surface area contributed by atoms with Crippen molar-refractivity contribution in [2.24, 2.45) is 0 Å². The Morgan fingerprint density at radius 3 is 2.39 bits per heavy atom. The molecule has 0 saturated heterocycles. The average Bonchev–Trinajstić information content (AvgIpc) is 2.46. The Balaban J connectivity index is 2.18. The molecule has 0 bridgehead atoms. The van der Waals surface area contributed by atoms with Crippen LogP contribution < -0.4 is 9.04 Å². The van der Waals surface area contributed by atoms with E-state index in [1.165, 1.54) is 12.1 Å². The fourth-order valence-electron chi connectivity index (χ4n) is 1.97. The van der Waals surface area contributed by atoms with Gasteiger partial charge in [0.05, 0.1) is 11.9 Å². The zero-order chi connectivity index (χ0) is 17.0. The first-order valence-electron chi connectivity index (χ1n) is 6.76. The Morgan fingerprint density at radius 2 is 1.83 bits per heavy atom. The first-order valence-corrected chi connectivity index (χ1v) is 8.99. The lowest BCUT2D eigenvalue weighted by Gasteiger charge is -2.21. The van der Waals surface area contributed by atoms with Crippen LogP contribution in [0.15, 0.2) is 48.5 Å². The van der Waals surface area contributed by atoms with Crippen LogP contribution in [0.25, 0.3) is 0 Å². The lowest BCUT2D eigenvalue weighted by atomic mass is 10.2. The van der Waals surface area contributed by atoms with Crippen LogP contribution in [0.4, 0.5) is 5.69 Å². The van der Waals surface area contributed by atoms with Gasteiger partial charge in [-0.15, -0.1) is 0 Å². The molecule has 0 fully saturated rings. The Bertz CT molecular complexity index is 803. The molecule has 0 N–H and O–H groups in total. The van der Waals surface area contributed by atoms with Gasteiger partial charge in [-0.1, -0.05) is 23.7 Å². The maximum absolute atomic E-state index is 12.1. The molecule has 0 heterocycles. The SMILES string of the molecule is Cc1cccc(N(CC(=O)Oc2ccc(Cl)cc2)S(C)(=O)=O)c1. The highest BCUT2D eigenvalue weighted by Gasteiger charge is 2.22. The molecule has 0 aliphatic heterocycles. The molecule has 0 radical (unpaired) electrons. The van der Waals surface area contributed by atoms with Crippen LogP contribution in [-0.4, -0.2) is 27.2 Å². The summed E-state index contributed by atoms with van der Waals surface area (Å²) in [4.78, 5) is 12.1. The molecule has 2 aromatic carbocycles. The predicted octanol–water partition coefficient (Wildman–Crippen LogP) is 3.02. The fraction of sp³-hybridized carbons (Fsp3) is 0.188. The topological polar surface area (TPSA) is 63.7 Å². The molecule has 2 aromatic rings. The van der Waals surface area contributed by atoms with Crippen LogP contribution in [0.5, 0.6) is 5.75 Å². The van der Waals surface area contributed by atoms with Gasteiger partial charge in [0.15, 0.2) is 0 Å². The number of hydrogen-bond acceptors (Lipinski definition) is 4. The Morgan fingerprint density at radius 1 is 1.17 bits per heavy atom. The third kappa shape index (κ3) is 4.97. The zero-order valence-corrected chi connectivity index (χ0v) is 14.3. The van der Waals surface area contributed by atoms with Crippen molar-refractivity contribution in [2.75, 3.05) is 17.1 Å². The normalized spacial score (nSPS) is 11.1. The molecule has 23 heavy (non-hydrogen) atoms. The summed E-state index contributed by atoms with van der Waals surface area (Å²) >= 11 is 5.76. The van der Waals surface area contributed by atoms with Gasteiger partial charge >= 0.3 is 5.97 Å². The molecule has 122 valence electrons. The molecular weight excluding hydrogens is 338 g/mol. The number of anilines is 1. The summed E-state index contributed by atoms with van der Waals surface area (Å²) in [6.45, 7) is 1.43. The minimum Gasteiger partial charge on any atom is -0.425 e. The van der Waals surface area contributed by atoms with E-state index in [9.17, 15) is 13.2 Å². The van der Waals surface area contributed by atoms with Gasteiger partial charge in [0.25, 0.3) is 0 Å². The average molecular weight is 354 g/mol. The molecule has 0 unspecified atom stereocenters. The number of halogens is 1. The van der Waals surface area contributed by atoms with E-state index >= 15 is 0 Å². The lowest BCUT2D eigenvalue weighted by molar-refractivity contribution is -0.132. The minimum absolute atomic E-state index is 0.303. The monoisotopic (exact) mass is 353 g/mol. The highest BCUT2D eigenvalue weighted by molar-refractivity contribution is 7.92. The van der Waals surface area contributed by atoms with Crippen molar-refractivity contribution in [3.8, 4) is 5.75 Å². The van der Waals surface area contributed by atoms with Crippen molar-refractivity contribution in [2.45, 2.75) is 6.92 Å². The molecule has 0 aromatic heterocycles. The summed E-state index contributed by atoms with van der Waals surface area (Å²) in [5.74, 6) is -0.378. The van der Waals surface area contributed by atoms with E-state index in [2.05, 4.69) is 0 Å². The Hall–Kier alpha value is -2.05. The number of benzene rings is 2. The summed E-state index contributed by atoms with van der Waals surface area (Å²) in [5.41, 5.74) is 1.31. The summed E-state index contributed by atoms with van der Waals surface area (Å²) in [7, 11) is -3.62. The van der Waals surface area contributed by atoms with Crippen molar-refractivity contribution in [1.82, 2.24) is 0 Å². The highest BCUT2D eigenvalue weighted by Crippen LogP contribution is 2.20. The number of hydrogen-bond donors (Lipinski definition) is 0. The van der Waals surface area contributed by atoms with E-state index in [4.69, 9.17) is 16.3 Å². The number of sulfonamides is 1. The molecule has 5 nitrogen and oxygen atoms in total. The maximum Gasteiger partial charge on any atom is 0.332 e. The van der Waals surface area contributed by atoms with Crippen LogP contribution in [-0.2, 0) is 14.8 Å². The molecule has 0 atom stereocenters. The van der Waals surface area contributed by atoms with Gasteiger partial charge in [0.2, 0.25) is 10.0 Å². The van der Waals surface area contributed by atoms with Gasteiger partial charge in [-0.05, 0) is 48.9 Å². The summed E-state index contributed by atoms with van der Waals surface area (Å²) in [5, 5.41) is 0.516. The number of ether oxygens (including phenoxy) is 1. The number of esters is 1. The predicted molar refractivity (Wildman–Crippen MR) is 90.5 cm³/mol. The molecule has 7 heteroatoms. The quantitative estimate of drug-likeness (QED) is 0.612. The summed E-state index contributed by atoms with van der Waals surface area (Å²) in [6.07, 6.45) is 1.05. The maximum atomic E-state index is 12.1. The van der Waals surface area contributed by atoms with Crippen LogP contribution in [0, 0.1) is 6.92 Å². The third-order valence-electron chi connectivity index (χ3n) is 3.01. The second-order valence-corrected chi connectivity index (χ2v) is 7.38. The van der Waals surface area contributed by atoms with Crippen molar-refractivity contribution < 1.29 is 17.9 Å². The van der Waals surface area contributed by atoms with Crippen LogP contribution >= 0.6 is 11.6 Å². The second-order valence-electron chi connectivity index (χ2n) is 5.04. The van der Waals surface area contributed by atoms with Crippen molar-refractivity contribution >= 4 is 33.3 Å². The number of carbonyl (C=O) groups excluding carboxylic acids is 1. The van der Waals surface area contributed by atoms with Gasteiger partial charge in [0, 0.05) is 5.02 Å². The van der Waals surface area contributed by atoms with Crippen LogP contribution in [0.2, 0.25) is 5.02 Å². The minimum atomic E-state index is -3.62. The van der Waals surface area contributed by atoms with Crippen molar-refractivity contribution in [1.29, 1.82) is 0 Å². The van der Waals surface area contributed by atoms with E-state index in [1.807, 2.05) is 13.0 Å². The second kappa shape index (κ2) is 7.02. The van der Waals surface area contributed by atoms with Crippen LogP contribution in [0.1, 0.15) is 5.56 Å².